The standard InChI is InChI=1S/C19H27N5O3S/c1-6-20-18(26)13(4)21-16(25)11-28-19-23-22-17(24(19)12(2)3)14-7-9-15(27-5)10-8-14/h7-10,12-13H,6,11H2,1-5H3,(H,20,26)(H,21,25)/t13-/m0/s1. The Morgan fingerprint density at radius 3 is 2.43 bits per heavy atom. The first-order chi connectivity index (χ1) is 13.4. The van der Waals surface area contributed by atoms with Crippen molar-refractivity contribution in [3.63, 3.8) is 0 Å². The quantitative estimate of drug-likeness (QED) is 0.621. The van der Waals surface area contributed by atoms with Crippen LogP contribution in [0.2, 0.25) is 0 Å². The SMILES string of the molecule is CCNC(=O)[C@H](C)NC(=O)CSc1nnc(-c2ccc(OC)cc2)n1C(C)C. The van der Waals surface area contributed by atoms with E-state index >= 15 is 0 Å². The zero-order valence-corrected chi connectivity index (χ0v) is 17.7. The Morgan fingerprint density at radius 2 is 1.86 bits per heavy atom. The molecule has 0 aliphatic heterocycles. The molecule has 152 valence electrons. The number of aromatic nitrogens is 3. The Labute approximate surface area is 169 Å². The lowest BCUT2D eigenvalue weighted by molar-refractivity contribution is -0.127. The number of nitrogens with zero attached hydrogens (tertiary/aromatic N) is 3. The van der Waals surface area contributed by atoms with Crippen molar-refractivity contribution >= 4 is 23.6 Å². The first-order valence-corrected chi connectivity index (χ1v) is 10.1. The molecule has 0 radical (unpaired) electrons. The topological polar surface area (TPSA) is 98.1 Å². The molecule has 28 heavy (non-hydrogen) atoms. The molecule has 0 saturated carbocycles. The average Bonchev–Trinajstić information content (AvgIpc) is 3.11. The highest BCUT2D eigenvalue weighted by atomic mass is 32.2. The highest BCUT2D eigenvalue weighted by Gasteiger charge is 2.19. The van der Waals surface area contributed by atoms with Crippen molar-refractivity contribution in [3.8, 4) is 17.1 Å². The van der Waals surface area contributed by atoms with Gasteiger partial charge in [-0.3, -0.25) is 14.2 Å². The van der Waals surface area contributed by atoms with E-state index < -0.39 is 6.04 Å². The van der Waals surface area contributed by atoms with Gasteiger partial charge in [0.15, 0.2) is 11.0 Å². The van der Waals surface area contributed by atoms with Crippen molar-refractivity contribution in [2.75, 3.05) is 19.4 Å². The number of hydrogen-bond donors (Lipinski definition) is 2. The molecule has 0 aliphatic rings. The molecule has 0 bridgehead atoms. The summed E-state index contributed by atoms with van der Waals surface area (Å²) in [7, 11) is 1.62. The zero-order chi connectivity index (χ0) is 20.7. The minimum absolute atomic E-state index is 0.118. The molecule has 0 aliphatic carbocycles. The van der Waals surface area contributed by atoms with E-state index in [4.69, 9.17) is 4.74 Å². The lowest BCUT2D eigenvalue weighted by Gasteiger charge is -2.15. The van der Waals surface area contributed by atoms with E-state index in [-0.39, 0.29) is 23.6 Å². The Balaban J connectivity index is 2.08. The van der Waals surface area contributed by atoms with Crippen molar-refractivity contribution < 1.29 is 14.3 Å². The van der Waals surface area contributed by atoms with Gasteiger partial charge in [0.05, 0.1) is 12.9 Å². The number of thioether (sulfide) groups is 1. The molecule has 2 rings (SSSR count). The molecule has 0 fully saturated rings. The lowest BCUT2D eigenvalue weighted by atomic mass is 10.2. The Bertz CT molecular complexity index is 804. The van der Waals surface area contributed by atoms with Gasteiger partial charge in [-0.1, -0.05) is 11.8 Å². The molecule has 2 N–H and O–H groups in total. The summed E-state index contributed by atoms with van der Waals surface area (Å²) in [5, 5.41) is 14.6. The van der Waals surface area contributed by atoms with E-state index in [0.717, 1.165) is 17.1 Å². The second-order valence-corrected chi connectivity index (χ2v) is 7.41. The van der Waals surface area contributed by atoms with Gasteiger partial charge in [0, 0.05) is 18.2 Å². The van der Waals surface area contributed by atoms with Crippen LogP contribution >= 0.6 is 11.8 Å². The molecule has 1 heterocycles. The van der Waals surface area contributed by atoms with Crippen LogP contribution in [0.15, 0.2) is 29.4 Å². The van der Waals surface area contributed by atoms with Crippen LogP contribution in [-0.4, -0.2) is 52.0 Å². The molecule has 2 amide bonds. The monoisotopic (exact) mass is 405 g/mol. The molecular formula is C19H27N5O3S. The first kappa shape index (κ1) is 21.7. The summed E-state index contributed by atoms with van der Waals surface area (Å²) in [4.78, 5) is 23.9. The summed E-state index contributed by atoms with van der Waals surface area (Å²) in [5.41, 5.74) is 0.920. The lowest BCUT2D eigenvalue weighted by Crippen LogP contribution is -2.45. The average molecular weight is 406 g/mol. The highest BCUT2D eigenvalue weighted by molar-refractivity contribution is 7.99. The number of methoxy groups -OCH3 is 1. The zero-order valence-electron chi connectivity index (χ0n) is 16.9. The number of likely N-dealkylation sites (N-methyl/N-ethyl adjacent to an activating group) is 1. The van der Waals surface area contributed by atoms with E-state index in [1.165, 1.54) is 11.8 Å². The second kappa shape index (κ2) is 10.1. The molecule has 1 aromatic carbocycles. The molecule has 1 atom stereocenters. The molecule has 2 aromatic rings. The fourth-order valence-electron chi connectivity index (χ4n) is 2.58. The molecule has 0 saturated heterocycles. The van der Waals surface area contributed by atoms with Gasteiger partial charge in [-0.15, -0.1) is 10.2 Å². The van der Waals surface area contributed by atoms with Gasteiger partial charge < -0.3 is 15.4 Å². The van der Waals surface area contributed by atoms with Gasteiger partial charge >= 0.3 is 0 Å². The molecule has 1 aromatic heterocycles. The van der Waals surface area contributed by atoms with Crippen molar-refractivity contribution in [1.82, 2.24) is 25.4 Å². The van der Waals surface area contributed by atoms with Crippen LogP contribution < -0.4 is 15.4 Å². The van der Waals surface area contributed by atoms with Crippen molar-refractivity contribution in [1.29, 1.82) is 0 Å². The third-order valence-electron chi connectivity index (χ3n) is 3.98. The van der Waals surface area contributed by atoms with Gasteiger partial charge in [-0.05, 0) is 52.0 Å². The van der Waals surface area contributed by atoms with Crippen molar-refractivity contribution in [2.45, 2.75) is 44.9 Å². The van der Waals surface area contributed by atoms with Gasteiger partial charge in [0.25, 0.3) is 0 Å². The summed E-state index contributed by atoms with van der Waals surface area (Å²) in [6.45, 7) is 8.10. The number of ether oxygens (including phenoxy) is 1. The van der Waals surface area contributed by atoms with E-state index in [1.807, 2.05) is 49.6 Å². The third-order valence-corrected chi connectivity index (χ3v) is 4.93. The minimum atomic E-state index is -0.578. The number of carbonyl (C=O) groups is 2. The number of nitrogens with one attached hydrogen (secondary N) is 2. The van der Waals surface area contributed by atoms with Gasteiger partial charge in [0.2, 0.25) is 11.8 Å². The van der Waals surface area contributed by atoms with Crippen LogP contribution in [0.25, 0.3) is 11.4 Å². The van der Waals surface area contributed by atoms with Crippen LogP contribution in [0.3, 0.4) is 0 Å². The van der Waals surface area contributed by atoms with Crippen LogP contribution in [0, 0.1) is 0 Å². The summed E-state index contributed by atoms with van der Waals surface area (Å²) in [5.74, 6) is 1.22. The number of benzene rings is 1. The van der Waals surface area contributed by atoms with Gasteiger partial charge in [-0.25, -0.2) is 0 Å². The summed E-state index contributed by atoms with van der Waals surface area (Å²) >= 11 is 1.29. The molecule has 8 nitrogen and oxygen atoms in total. The fraction of sp³-hybridized carbons (Fsp3) is 0.474. The van der Waals surface area contributed by atoms with E-state index in [9.17, 15) is 9.59 Å². The predicted octanol–water partition coefficient (Wildman–Crippen LogP) is 2.27. The van der Waals surface area contributed by atoms with Crippen molar-refractivity contribution in [2.24, 2.45) is 0 Å². The van der Waals surface area contributed by atoms with Gasteiger partial charge in [-0.2, -0.15) is 0 Å². The molecule has 0 spiro atoms. The van der Waals surface area contributed by atoms with Crippen LogP contribution in [0.1, 0.15) is 33.7 Å². The highest BCUT2D eigenvalue weighted by Crippen LogP contribution is 2.28. The predicted molar refractivity (Wildman–Crippen MR) is 109 cm³/mol. The number of amides is 2. The molecule has 0 unspecified atom stereocenters. The normalized spacial score (nSPS) is 11.9. The van der Waals surface area contributed by atoms with Crippen LogP contribution in [0.4, 0.5) is 0 Å². The molecular weight excluding hydrogens is 378 g/mol. The van der Waals surface area contributed by atoms with E-state index in [0.29, 0.717) is 11.7 Å². The largest absolute Gasteiger partial charge is 0.497 e. The van der Waals surface area contributed by atoms with Crippen molar-refractivity contribution in [3.05, 3.63) is 24.3 Å². The number of carbonyl (C=O) groups excluding carboxylic acids is 2. The maximum atomic E-state index is 12.2. The smallest absolute Gasteiger partial charge is 0.242 e. The Kier molecular flexibility index (Phi) is 7.86. The third kappa shape index (κ3) is 5.48. The first-order valence-electron chi connectivity index (χ1n) is 9.16. The Morgan fingerprint density at radius 1 is 1.18 bits per heavy atom. The maximum Gasteiger partial charge on any atom is 0.242 e. The summed E-state index contributed by atoms with van der Waals surface area (Å²) < 4.78 is 7.19. The van der Waals surface area contributed by atoms with E-state index in [1.54, 1.807) is 14.0 Å². The maximum absolute atomic E-state index is 12.2. The minimum Gasteiger partial charge on any atom is -0.497 e. The number of hydrogen-bond acceptors (Lipinski definition) is 6. The molecule has 9 heteroatoms. The summed E-state index contributed by atoms with van der Waals surface area (Å²) in [6.07, 6.45) is 0. The van der Waals surface area contributed by atoms with E-state index in [2.05, 4.69) is 20.8 Å². The van der Waals surface area contributed by atoms with Crippen LogP contribution in [-0.2, 0) is 9.59 Å². The fourth-order valence-corrected chi connectivity index (χ4v) is 3.46. The summed E-state index contributed by atoms with van der Waals surface area (Å²) in [6, 6.07) is 7.14. The van der Waals surface area contributed by atoms with Gasteiger partial charge in [0.1, 0.15) is 11.8 Å². The second-order valence-electron chi connectivity index (χ2n) is 6.47. The number of rotatable bonds is 9. The van der Waals surface area contributed by atoms with Crippen LogP contribution in [0.5, 0.6) is 5.75 Å². The Hall–Kier alpha value is -2.55.